The van der Waals surface area contributed by atoms with E-state index in [4.69, 9.17) is 4.52 Å². The molecule has 2 aliphatic heterocycles. The number of nitrogens with one attached hydrogen (secondary N) is 1. The van der Waals surface area contributed by atoms with E-state index in [0.29, 0.717) is 6.42 Å². The maximum Gasteiger partial charge on any atom is 0.227 e. The van der Waals surface area contributed by atoms with Gasteiger partial charge in [-0.15, -0.1) is 0 Å². The Morgan fingerprint density at radius 2 is 1.95 bits per heavy atom. The van der Waals surface area contributed by atoms with E-state index in [-0.39, 0.29) is 5.91 Å². The standard InChI is InChI=1S/C15H23N3O2/c1-10-14(11(2)20-17-10)7-15(19)18-5-3-12-8-16-9-13(12)4-6-18/h12-13,16H,3-9H2,1-2H3/t12-,13+. The maximum atomic E-state index is 12.5. The summed E-state index contributed by atoms with van der Waals surface area (Å²) >= 11 is 0. The topological polar surface area (TPSA) is 58.4 Å². The third-order valence-electron chi connectivity index (χ3n) is 4.88. The Kier molecular flexibility index (Phi) is 3.78. The fraction of sp³-hybridized carbons (Fsp3) is 0.733. The molecule has 0 bridgehead atoms. The van der Waals surface area contributed by atoms with Gasteiger partial charge in [0.25, 0.3) is 0 Å². The highest BCUT2D eigenvalue weighted by Crippen LogP contribution is 2.27. The first kappa shape index (κ1) is 13.6. The molecule has 3 rings (SSSR count). The van der Waals surface area contributed by atoms with Gasteiger partial charge in [0.15, 0.2) is 0 Å². The molecule has 2 atom stereocenters. The van der Waals surface area contributed by atoms with Gasteiger partial charge in [-0.3, -0.25) is 4.79 Å². The molecule has 5 heteroatoms. The van der Waals surface area contributed by atoms with E-state index < -0.39 is 0 Å². The molecular weight excluding hydrogens is 254 g/mol. The summed E-state index contributed by atoms with van der Waals surface area (Å²) in [6, 6.07) is 0. The summed E-state index contributed by atoms with van der Waals surface area (Å²) in [4.78, 5) is 14.5. The molecule has 2 aliphatic rings. The van der Waals surface area contributed by atoms with E-state index >= 15 is 0 Å². The average molecular weight is 277 g/mol. The molecule has 110 valence electrons. The van der Waals surface area contributed by atoms with Crippen LogP contribution in [0.25, 0.3) is 0 Å². The van der Waals surface area contributed by atoms with Crippen LogP contribution >= 0.6 is 0 Å². The van der Waals surface area contributed by atoms with Crippen LogP contribution in [0, 0.1) is 25.7 Å². The number of carbonyl (C=O) groups is 1. The minimum Gasteiger partial charge on any atom is -0.361 e. The lowest BCUT2D eigenvalue weighted by atomic mass is 9.92. The Labute approximate surface area is 119 Å². The van der Waals surface area contributed by atoms with Crippen molar-refractivity contribution in [2.75, 3.05) is 26.2 Å². The van der Waals surface area contributed by atoms with Crippen LogP contribution in [-0.4, -0.2) is 42.1 Å². The fourth-order valence-corrected chi connectivity index (χ4v) is 3.48. The zero-order valence-corrected chi connectivity index (χ0v) is 12.3. The zero-order valence-electron chi connectivity index (χ0n) is 12.3. The summed E-state index contributed by atoms with van der Waals surface area (Å²) in [5, 5.41) is 7.39. The van der Waals surface area contributed by atoms with Crippen molar-refractivity contribution >= 4 is 5.91 Å². The number of rotatable bonds is 2. The SMILES string of the molecule is Cc1noc(C)c1CC(=O)N1CC[C@@H]2CNC[C@@H]2CC1. The van der Waals surface area contributed by atoms with Crippen LogP contribution in [0.1, 0.15) is 29.9 Å². The highest BCUT2D eigenvalue weighted by molar-refractivity contribution is 5.79. The molecule has 0 saturated carbocycles. The first-order valence-electron chi connectivity index (χ1n) is 7.55. The molecule has 1 amide bonds. The Morgan fingerprint density at radius 1 is 1.30 bits per heavy atom. The highest BCUT2D eigenvalue weighted by atomic mass is 16.5. The van der Waals surface area contributed by atoms with Crippen molar-refractivity contribution in [2.45, 2.75) is 33.1 Å². The van der Waals surface area contributed by atoms with Crippen molar-refractivity contribution in [3.63, 3.8) is 0 Å². The van der Waals surface area contributed by atoms with Crippen molar-refractivity contribution in [1.29, 1.82) is 0 Å². The van der Waals surface area contributed by atoms with E-state index in [2.05, 4.69) is 10.5 Å². The molecule has 3 heterocycles. The number of likely N-dealkylation sites (tertiary alicyclic amines) is 1. The predicted octanol–water partition coefficient (Wildman–Crippen LogP) is 1.29. The number of aryl methyl sites for hydroxylation is 2. The lowest BCUT2D eigenvalue weighted by molar-refractivity contribution is -0.130. The molecule has 0 unspecified atom stereocenters. The Hall–Kier alpha value is -1.36. The number of hydrogen-bond donors (Lipinski definition) is 1. The number of fused-ring (bicyclic) bond motifs is 1. The van der Waals surface area contributed by atoms with Crippen LogP contribution in [0.5, 0.6) is 0 Å². The van der Waals surface area contributed by atoms with Gasteiger partial charge in [0.2, 0.25) is 5.91 Å². The normalized spacial score (nSPS) is 26.4. The summed E-state index contributed by atoms with van der Waals surface area (Å²) in [6.07, 6.45) is 2.69. The van der Waals surface area contributed by atoms with Crippen molar-refractivity contribution in [3.05, 3.63) is 17.0 Å². The van der Waals surface area contributed by atoms with Crippen LogP contribution < -0.4 is 5.32 Å². The van der Waals surface area contributed by atoms with Crippen LogP contribution in [0.2, 0.25) is 0 Å². The van der Waals surface area contributed by atoms with E-state index in [1.165, 1.54) is 0 Å². The Morgan fingerprint density at radius 3 is 2.50 bits per heavy atom. The van der Waals surface area contributed by atoms with Gasteiger partial charge in [0.1, 0.15) is 5.76 Å². The van der Waals surface area contributed by atoms with Gasteiger partial charge >= 0.3 is 0 Å². The number of carbonyl (C=O) groups excluding carboxylic acids is 1. The minimum absolute atomic E-state index is 0.215. The van der Waals surface area contributed by atoms with Crippen LogP contribution in [0.4, 0.5) is 0 Å². The second-order valence-corrected chi connectivity index (χ2v) is 6.12. The van der Waals surface area contributed by atoms with E-state index in [0.717, 1.165) is 67.9 Å². The quantitative estimate of drug-likeness (QED) is 0.885. The second-order valence-electron chi connectivity index (χ2n) is 6.12. The Balaban J connectivity index is 1.63. The molecule has 0 aromatic carbocycles. The van der Waals surface area contributed by atoms with Crippen molar-refractivity contribution in [3.8, 4) is 0 Å². The molecule has 20 heavy (non-hydrogen) atoms. The van der Waals surface area contributed by atoms with E-state index in [1.54, 1.807) is 0 Å². The number of hydrogen-bond acceptors (Lipinski definition) is 4. The zero-order chi connectivity index (χ0) is 14.1. The lowest BCUT2D eigenvalue weighted by Crippen LogP contribution is -2.34. The summed E-state index contributed by atoms with van der Waals surface area (Å²) in [5.74, 6) is 2.50. The van der Waals surface area contributed by atoms with E-state index in [1.807, 2.05) is 18.7 Å². The molecule has 5 nitrogen and oxygen atoms in total. The summed E-state index contributed by atoms with van der Waals surface area (Å²) in [6.45, 7) is 7.81. The van der Waals surface area contributed by atoms with Crippen molar-refractivity contribution < 1.29 is 9.32 Å². The summed E-state index contributed by atoms with van der Waals surface area (Å²) < 4.78 is 5.14. The third kappa shape index (κ3) is 2.59. The molecule has 1 N–H and O–H groups in total. The smallest absolute Gasteiger partial charge is 0.227 e. The van der Waals surface area contributed by atoms with Crippen LogP contribution in [0.3, 0.4) is 0 Å². The number of amides is 1. The molecule has 1 aromatic rings. The number of nitrogens with zero attached hydrogens (tertiary/aromatic N) is 2. The minimum atomic E-state index is 0.215. The largest absolute Gasteiger partial charge is 0.361 e. The van der Waals surface area contributed by atoms with Crippen molar-refractivity contribution in [1.82, 2.24) is 15.4 Å². The first-order chi connectivity index (χ1) is 9.65. The van der Waals surface area contributed by atoms with E-state index in [9.17, 15) is 4.79 Å². The lowest BCUT2D eigenvalue weighted by Gasteiger charge is -2.20. The monoisotopic (exact) mass is 277 g/mol. The molecule has 1 aromatic heterocycles. The van der Waals surface area contributed by atoms with Gasteiger partial charge in [0, 0.05) is 18.7 Å². The molecular formula is C15H23N3O2. The van der Waals surface area contributed by atoms with Crippen LogP contribution in [0.15, 0.2) is 4.52 Å². The summed E-state index contributed by atoms with van der Waals surface area (Å²) in [7, 11) is 0. The van der Waals surface area contributed by atoms with Gasteiger partial charge in [0.05, 0.1) is 12.1 Å². The van der Waals surface area contributed by atoms with Gasteiger partial charge < -0.3 is 14.7 Å². The Bertz CT molecular complexity index is 464. The highest BCUT2D eigenvalue weighted by Gasteiger charge is 2.31. The number of aromatic nitrogens is 1. The summed E-state index contributed by atoms with van der Waals surface area (Å²) in [5.41, 5.74) is 1.80. The first-order valence-corrected chi connectivity index (χ1v) is 7.55. The second kappa shape index (κ2) is 5.56. The molecule has 0 spiro atoms. The molecule has 0 aliphatic carbocycles. The van der Waals surface area contributed by atoms with Gasteiger partial charge in [-0.1, -0.05) is 5.16 Å². The predicted molar refractivity (Wildman–Crippen MR) is 75.3 cm³/mol. The van der Waals surface area contributed by atoms with Crippen LogP contribution in [-0.2, 0) is 11.2 Å². The maximum absolute atomic E-state index is 12.5. The average Bonchev–Trinajstić information content (AvgIpc) is 2.94. The van der Waals surface area contributed by atoms with Crippen molar-refractivity contribution in [2.24, 2.45) is 11.8 Å². The van der Waals surface area contributed by atoms with Gasteiger partial charge in [-0.25, -0.2) is 0 Å². The van der Waals surface area contributed by atoms with Gasteiger partial charge in [-0.05, 0) is 51.6 Å². The van der Waals surface area contributed by atoms with Gasteiger partial charge in [-0.2, -0.15) is 0 Å². The fourth-order valence-electron chi connectivity index (χ4n) is 3.48. The molecule has 0 radical (unpaired) electrons. The molecule has 2 saturated heterocycles. The molecule has 2 fully saturated rings. The third-order valence-corrected chi connectivity index (χ3v) is 4.88.